The lowest BCUT2D eigenvalue weighted by Crippen LogP contribution is -2.36. The maximum Gasteiger partial charge on any atom is 0.270 e. The topological polar surface area (TPSA) is 71.4 Å². The van der Waals surface area contributed by atoms with Crippen LogP contribution in [0.4, 0.5) is 5.69 Å². The zero-order chi connectivity index (χ0) is 16.8. The van der Waals surface area contributed by atoms with Crippen LogP contribution in [-0.4, -0.2) is 37.4 Å². The number of fused-ring (bicyclic) bond motifs is 1. The van der Waals surface area contributed by atoms with Gasteiger partial charge in [-0.05, 0) is 43.2 Å². The number of rotatable bonds is 3. The zero-order valence-electron chi connectivity index (χ0n) is 13.3. The molecule has 7 heteroatoms. The minimum absolute atomic E-state index is 0.106. The largest absolute Gasteiger partial charge is 0.340 e. The Kier molecular flexibility index (Phi) is 3.68. The van der Waals surface area contributed by atoms with Gasteiger partial charge in [-0.25, -0.2) is 8.42 Å². The molecule has 0 fully saturated rings. The number of sulfonamides is 1. The molecular weight excluding hydrogens is 314 g/mol. The Labute approximate surface area is 135 Å². The second kappa shape index (κ2) is 5.42. The summed E-state index contributed by atoms with van der Waals surface area (Å²) in [6.07, 6.45) is 1.52. The van der Waals surface area contributed by atoms with Gasteiger partial charge in [0.25, 0.3) is 15.9 Å². The van der Waals surface area contributed by atoms with E-state index < -0.39 is 10.0 Å². The van der Waals surface area contributed by atoms with E-state index in [1.54, 1.807) is 28.6 Å². The summed E-state index contributed by atoms with van der Waals surface area (Å²) in [6.45, 7) is 5.07. The van der Waals surface area contributed by atoms with E-state index in [1.165, 1.54) is 12.3 Å². The third-order valence-electron chi connectivity index (χ3n) is 4.18. The van der Waals surface area contributed by atoms with Gasteiger partial charge in [0.1, 0.15) is 10.6 Å². The summed E-state index contributed by atoms with van der Waals surface area (Å²) in [5.74, 6) is -0.163. The van der Waals surface area contributed by atoms with Crippen LogP contribution in [0.15, 0.2) is 35.4 Å². The highest BCUT2D eigenvalue weighted by Crippen LogP contribution is 2.22. The number of nitrogens with zero attached hydrogens (tertiary/aromatic N) is 2. The number of nitrogens with one attached hydrogen (secondary N) is 1. The van der Waals surface area contributed by atoms with Crippen molar-refractivity contribution in [3.05, 3.63) is 47.3 Å². The van der Waals surface area contributed by atoms with E-state index in [1.807, 2.05) is 19.9 Å². The van der Waals surface area contributed by atoms with E-state index in [0.29, 0.717) is 24.5 Å². The molecular formula is C16H19N3O3S. The van der Waals surface area contributed by atoms with Gasteiger partial charge in [-0.3, -0.25) is 9.52 Å². The van der Waals surface area contributed by atoms with Crippen LogP contribution >= 0.6 is 0 Å². The number of benzene rings is 1. The minimum Gasteiger partial charge on any atom is -0.340 e. The molecule has 2 heterocycles. The summed E-state index contributed by atoms with van der Waals surface area (Å²) in [6, 6.07) is 6.83. The molecule has 1 aromatic heterocycles. The van der Waals surface area contributed by atoms with Gasteiger partial charge >= 0.3 is 0 Å². The fourth-order valence-electron chi connectivity index (χ4n) is 2.57. The monoisotopic (exact) mass is 333 g/mol. The first kappa shape index (κ1) is 15.6. The van der Waals surface area contributed by atoms with Crippen molar-refractivity contribution in [2.24, 2.45) is 0 Å². The number of aromatic nitrogens is 1. The van der Waals surface area contributed by atoms with E-state index in [9.17, 15) is 13.2 Å². The molecule has 23 heavy (non-hydrogen) atoms. The van der Waals surface area contributed by atoms with Crippen LogP contribution < -0.4 is 4.72 Å². The van der Waals surface area contributed by atoms with Crippen molar-refractivity contribution in [1.29, 1.82) is 0 Å². The fourth-order valence-corrected chi connectivity index (χ4v) is 3.66. The highest BCUT2D eigenvalue weighted by Gasteiger charge is 2.26. The zero-order valence-corrected chi connectivity index (χ0v) is 14.1. The number of aryl methyl sites for hydroxylation is 2. The number of hydrogen-bond donors (Lipinski definition) is 1. The van der Waals surface area contributed by atoms with Gasteiger partial charge in [-0.2, -0.15) is 0 Å². The summed E-state index contributed by atoms with van der Waals surface area (Å²) in [7, 11) is -2.01. The van der Waals surface area contributed by atoms with E-state index in [0.717, 1.165) is 11.1 Å². The Balaban J connectivity index is 1.93. The van der Waals surface area contributed by atoms with Gasteiger partial charge in [-0.15, -0.1) is 0 Å². The lowest BCUT2D eigenvalue weighted by Gasteiger charge is -2.23. The lowest BCUT2D eigenvalue weighted by atomic mass is 10.1. The number of likely N-dealkylation sites (N-methyl/N-ethyl adjacent to an activating group) is 1. The Hall–Kier alpha value is -2.28. The molecule has 6 nitrogen and oxygen atoms in total. The predicted octanol–water partition coefficient (Wildman–Crippen LogP) is 1.99. The second-order valence-electron chi connectivity index (χ2n) is 5.89. The Bertz CT molecular complexity index is 884. The maximum absolute atomic E-state index is 12.6. The van der Waals surface area contributed by atoms with Crippen LogP contribution in [0, 0.1) is 13.8 Å². The van der Waals surface area contributed by atoms with Gasteiger partial charge in [0.2, 0.25) is 0 Å². The van der Waals surface area contributed by atoms with Crippen molar-refractivity contribution in [3.63, 3.8) is 0 Å². The van der Waals surface area contributed by atoms with E-state index in [2.05, 4.69) is 4.72 Å². The molecule has 2 aromatic rings. The molecule has 0 saturated heterocycles. The first-order chi connectivity index (χ1) is 10.8. The average molecular weight is 333 g/mol. The van der Waals surface area contributed by atoms with Crippen molar-refractivity contribution < 1.29 is 13.2 Å². The van der Waals surface area contributed by atoms with E-state index >= 15 is 0 Å². The van der Waals surface area contributed by atoms with E-state index in [4.69, 9.17) is 0 Å². The van der Waals surface area contributed by atoms with Crippen molar-refractivity contribution in [2.45, 2.75) is 25.3 Å². The highest BCUT2D eigenvalue weighted by molar-refractivity contribution is 7.92. The van der Waals surface area contributed by atoms with Crippen molar-refractivity contribution >= 4 is 21.6 Å². The average Bonchev–Trinajstić information content (AvgIpc) is 2.92. The molecule has 0 spiro atoms. The third kappa shape index (κ3) is 2.84. The first-order valence-corrected chi connectivity index (χ1v) is 8.82. The number of carbonyl (C=O) groups is 1. The molecule has 3 rings (SSSR count). The molecule has 0 radical (unpaired) electrons. The summed E-state index contributed by atoms with van der Waals surface area (Å²) < 4.78 is 29.4. The molecule has 0 atom stereocenters. The number of hydrogen-bond acceptors (Lipinski definition) is 3. The standard InChI is InChI=1S/C16H19N3O3S/c1-11-4-5-13(8-12(11)2)17-23(21,22)14-9-15-16(20)18(3)6-7-19(15)10-14/h4-5,8-10,17H,6-7H2,1-3H3. The predicted molar refractivity (Wildman–Crippen MR) is 88.1 cm³/mol. The van der Waals surface area contributed by atoms with Gasteiger partial charge in [0.15, 0.2) is 0 Å². The molecule has 1 amide bonds. The Morgan fingerprint density at radius 2 is 1.83 bits per heavy atom. The van der Waals surface area contributed by atoms with Gasteiger partial charge in [0.05, 0.1) is 0 Å². The van der Waals surface area contributed by atoms with Gasteiger partial charge in [-0.1, -0.05) is 6.07 Å². The smallest absolute Gasteiger partial charge is 0.270 e. The fraction of sp³-hybridized carbons (Fsp3) is 0.312. The Morgan fingerprint density at radius 1 is 1.09 bits per heavy atom. The van der Waals surface area contributed by atoms with Crippen molar-refractivity contribution in [3.8, 4) is 0 Å². The molecule has 1 N–H and O–H groups in total. The van der Waals surface area contributed by atoms with Crippen LogP contribution in [0.1, 0.15) is 21.6 Å². The van der Waals surface area contributed by atoms with Crippen LogP contribution in [0.5, 0.6) is 0 Å². The quantitative estimate of drug-likeness (QED) is 0.934. The van der Waals surface area contributed by atoms with Gasteiger partial charge < -0.3 is 9.47 Å². The van der Waals surface area contributed by atoms with Crippen molar-refractivity contribution in [2.75, 3.05) is 18.3 Å². The minimum atomic E-state index is -3.72. The summed E-state index contributed by atoms with van der Waals surface area (Å²) >= 11 is 0. The van der Waals surface area contributed by atoms with Crippen LogP contribution in [0.2, 0.25) is 0 Å². The maximum atomic E-state index is 12.6. The first-order valence-electron chi connectivity index (χ1n) is 7.33. The molecule has 1 aliphatic heterocycles. The molecule has 0 bridgehead atoms. The van der Waals surface area contributed by atoms with Crippen LogP contribution in [-0.2, 0) is 16.6 Å². The van der Waals surface area contributed by atoms with Crippen molar-refractivity contribution in [1.82, 2.24) is 9.47 Å². The van der Waals surface area contributed by atoms with Crippen LogP contribution in [0.3, 0.4) is 0 Å². The van der Waals surface area contributed by atoms with E-state index in [-0.39, 0.29) is 10.8 Å². The molecule has 0 saturated carbocycles. The summed E-state index contributed by atoms with van der Waals surface area (Å²) in [4.78, 5) is 13.8. The molecule has 0 unspecified atom stereocenters. The Morgan fingerprint density at radius 3 is 2.52 bits per heavy atom. The number of amides is 1. The lowest BCUT2D eigenvalue weighted by molar-refractivity contribution is 0.0749. The normalized spacial score (nSPS) is 14.7. The number of anilines is 1. The molecule has 0 aliphatic carbocycles. The highest BCUT2D eigenvalue weighted by atomic mass is 32.2. The second-order valence-corrected chi connectivity index (χ2v) is 7.57. The summed E-state index contributed by atoms with van der Waals surface area (Å²) in [5, 5.41) is 0. The summed E-state index contributed by atoms with van der Waals surface area (Å²) in [5.41, 5.74) is 3.03. The third-order valence-corrected chi connectivity index (χ3v) is 5.53. The SMILES string of the molecule is Cc1ccc(NS(=O)(=O)c2cc3n(c2)CCN(C)C3=O)cc1C. The number of carbonyl (C=O) groups excluding carboxylic acids is 1. The van der Waals surface area contributed by atoms with Crippen LogP contribution in [0.25, 0.3) is 0 Å². The van der Waals surface area contributed by atoms with Gasteiger partial charge in [0, 0.05) is 32.0 Å². The molecule has 1 aliphatic rings. The molecule has 122 valence electrons. The molecule has 1 aromatic carbocycles.